The second-order valence-electron chi connectivity index (χ2n) is 9.27. The largest absolute Gasteiger partial charge is 0.504 e. The van der Waals surface area contributed by atoms with Crippen molar-refractivity contribution >= 4 is 23.2 Å². The van der Waals surface area contributed by atoms with Gasteiger partial charge in [-0.3, -0.25) is 4.79 Å². The molecule has 1 aliphatic heterocycles. The van der Waals surface area contributed by atoms with Gasteiger partial charge in [-0.1, -0.05) is 42.5 Å². The summed E-state index contributed by atoms with van der Waals surface area (Å²) in [4.78, 5) is 14.6. The van der Waals surface area contributed by atoms with E-state index in [0.717, 1.165) is 5.56 Å². The molecule has 0 spiro atoms. The summed E-state index contributed by atoms with van der Waals surface area (Å²) in [5.41, 5.74) is 0.0141. The maximum Gasteiger partial charge on any atom is 0.230 e. The van der Waals surface area contributed by atoms with Crippen molar-refractivity contribution in [1.29, 1.82) is 15.8 Å². The summed E-state index contributed by atoms with van der Waals surface area (Å²) in [7, 11) is 1.89. The molecule has 0 aromatic heterocycles. The predicted molar refractivity (Wildman–Crippen MR) is 142 cm³/mol. The first-order valence-corrected chi connectivity index (χ1v) is 12.2. The summed E-state index contributed by atoms with van der Waals surface area (Å²) in [5.74, 6) is -2.41. The van der Waals surface area contributed by atoms with Gasteiger partial charge in [-0.15, -0.1) is 0 Å². The number of phenols is 2. The molecule has 9 nitrogen and oxygen atoms in total. The standard InChI is InChI=1S/C28H24N6O3S/c1-34-10-9-19-20(13-29)26(33-27(38)32-24(37)11-17-5-3-2-4-6-17)28(15-30,16-31)25(21(19)14-34)18-7-8-22(35)23(36)12-18/h2-9,12,21,25,35-36H,10-11,14H2,1H3,(H2,32,33,37,38)/t21-,25+/m0/s1. The Kier molecular flexibility index (Phi) is 7.45. The van der Waals surface area contributed by atoms with Crippen molar-refractivity contribution in [2.45, 2.75) is 12.3 Å². The smallest absolute Gasteiger partial charge is 0.230 e. The van der Waals surface area contributed by atoms with E-state index in [9.17, 15) is 30.8 Å². The molecule has 1 aliphatic carbocycles. The molecule has 1 heterocycles. The van der Waals surface area contributed by atoms with Crippen LogP contribution < -0.4 is 10.6 Å². The molecule has 0 fully saturated rings. The van der Waals surface area contributed by atoms with Crippen LogP contribution >= 0.6 is 12.2 Å². The molecular formula is C28H24N6O3S. The Morgan fingerprint density at radius 3 is 2.47 bits per heavy atom. The Balaban J connectivity index is 1.79. The third kappa shape index (κ3) is 4.81. The minimum Gasteiger partial charge on any atom is -0.504 e. The van der Waals surface area contributed by atoms with Crippen molar-refractivity contribution < 1.29 is 15.0 Å². The van der Waals surface area contributed by atoms with Crippen LogP contribution in [0.5, 0.6) is 11.5 Å². The zero-order valence-electron chi connectivity index (χ0n) is 20.5. The number of allylic oxidation sites excluding steroid dienone is 2. The molecule has 0 saturated carbocycles. The zero-order valence-corrected chi connectivity index (χ0v) is 21.3. The van der Waals surface area contributed by atoms with Crippen molar-refractivity contribution in [1.82, 2.24) is 15.5 Å². The van der Waals surface area contributed by atoms with Gasteiger partial charge in [0.25, 0.3) is 0 Å². The number of nitrogens with zero attached hydrogens (tertiary/aromatic N) is 4. The lowest BCUT2D eigenvalue weighted by atomic mass is 9.58. The lowest BCUT2D eigenvalue weighted by molar-refractivity contribution is -0.119. The molecule has 0 saturated heterocycles. The summed E-state index contributed by atoms with van der Waals surface area (Å²) >= 11 is 5.38. The Morgan fingerprint density at radius 1 is 1.13 bits per heavy atom. The number of hydrogen-bond acceptors (Lipinski definition) is 8. The number of amides is 1. The van der Waals surface area contributed by atoms with Gasteiger partial charge in [0, 0.05) is 24.9 Å². The van der Waals surface area contributed by atoms with Crippen molar-refractivity contribution in [3.05, 3.63) is 82.6 Å². The molecule has 2 atom stereocenters. The van der Waals surface area contributed by atoms with Gasteiger partial charge in [-0.05, 0) is 48.1 Å². The summed E-state index contributed by atoms with van der Waals surface area (Å²) < 4.78 is 0. The van der Waals surface area contributed by atoms with Crippen molar-refractivity contribution in [3.8, 4) is 29.7 Å². The van der Waals surface area contributed by atoms with Gasteiger partial charge in [0.1, 0.15) is 6.07 Å². The average Bonchev–Trinajstić information content (AvgIpc) is 2.90. The summed E-state index contributed by atoms with van der Waals surface area (Å²) in [5, 5.41) is 56.6. The third-order valence-corrected chi connectivity index (χ3v) is 7.06. The fourth-order valence-corrected chi connectivity index (χ4v) is 5.37. The van der Waals surface area contributed by atoms with E-state index in [-0.39, 0.29) is 28.6 Å². The molecule has 2 aliphatic rings. The fourth-order valence-electron chi connectivity index (χ4n) is 5.16. The van der Waals surface area contributed by atoms with E-state index in [4.69, 9.17) is 12.2 Å². The third-order valence-electron chi connectivity index (χ3n) is 6.85. The highest BCUT2D eigenvalue weighted by molar-refractivity contribution is 7.80. The van der Waals surface area contributed by atoms with E-state index in [2.05, 4.69) is 28.8 Å². The van der Waals surface area contributed by atoms with Crippen LogP contribution in [0.4, 0.5) is 0 Å². The number of hydrogen-bond donors (Lipinski definition) is 4. The Labute approximate surface area is 225 Å². The maximum absolute atomic E-state index is 12.6. The molecule has 0 radical (unpaired) electrons. The molecular weight excluding hydrogens is 500 g/mol. The quantitative estimate of drug-likeness (QED) is 0.349. The van der Waals surface area contributed by atoms with Crippen LogP contribution in [-0.2, 0) is 11.2 Å². The highest BCUT2D eigenvalue weighted by Crippen LogP contribution is 2.55. The maximum atomic E-state index is 12.6. The highest BCUT2D eigenvalue weighted by atomic mass is 32.1. The number of aromatic hydroxyl groups is 2. The topological polar surface area (TPSA) is 156 Å². The number of thiocarbonyl (C=S) groups is 1. The van der Waals surface area contributed by atoms with E-state index >= 15 is 0 Å². The minimum atomic E-state index is -1.93. The summed E-state index contributed by atoms with van der Waals surface area (Å²) in [6.45, 7) is 0.988. The fraction of sp³-hybridized carbons (Fsp3) is 0.250. The van der Waals surface area contributed by atoms with E-state index in [0.29, 0.717) is 24.2 Å². The molecule has 4 N–H and O–H groups in total. The van der Waals surface area contributed by atoms with Crippen LogP contribution in [0, 0.1) is 45.3 Å². The second kappa shape index (κ2) is 10.7. The van der Waals surface area contributed by atoms with E-state index in [1.165, 1.54) is 12.1 Å². The van der Waals surface area contributed by atoms with Gasteiger partial charge in [-0.25, -0.2) is 0 Å². The van der Waals surface area contributed by atoms with Crippen LogP contribution in [0.1, 0.15) is 17.0 Å². The summed E-state index contributed by atoms with van der Waals surface area (Å²) in [6, 6.07) is 19.6. The first-order chi connectivity index (χ1) is 18.2. The average molecular weight is 525 g/mol. The lowest BCUT2D eigenvalue weighted by Gasteiger charge is -2.46. The first-order valence-electron chi connectivity index (χ1n) is 11.8. The van der Waals surface area contributed by atoms with Gasteiger partial charge in [0.05, 0.1) is 29.8 Å². The Bertz CT molecular complexity index is 1460. The highest BCUT2D eigenvalue weighted by Gasteiger charge is 2.55. The van der Waals surface area contributed by atoms with E-state index in [1.807, 2.05) is 36.2 Å². The van der Waals surface area contributed by atoms with Crippen LogP contribution in [-0.4, -0.2) is 46.3 Å². The summed E-state index contributed by atoms with van der Waals surface area (Å²) in [6.07, 6.45) is 1.93. The Morgan fingerprint density at radius 2 is 1.84 bits per heavy atom. The van der Waals surface area contributed by atoms with Gasteiger partial charge < -0.3 is 25.7 Å². The monoisotopic (exact) mass is 524 g/mol. The molecule has 190 valence electrons. The predicted octanol–water partition coefficient (Wildman–Crippen LogP) is 2.73. The van der Waals surface area contributed by atoms with E-state index < -0.39 is 28.9 Å². The number of fused-ring (bicyclic) bond motifs is 1. The van der Waals surface area contributed by atoms with Crippen LogP contribution in [0.25, 0.3) is 0 Å². The lowest BCUT2D eigenvalue weighted by Crippen LogP contribution is -2.51. The second-order valence-corrected chi connectivity index (χ2v) is 9.68. The molecule has 2 aromatic rings. The van der Waals surface area contributed by atoms with E-state index in [1.54, 1.807) is 18.2 Å². The van der Waals surface area contributed by atoms with Crippen LogP contribution in [0.15, 0.2) is 71.5 Å². The molecule has 4 rings (SSSR count). The van der Waals surface area contributed by atoms with Gasteiger partial charge >= 0.3 is 0 Å². The van der Waals surface area contributed by atoms with Crippen molar-refractivity contribution in [3.63, 3.8) is 0 Å². The molecule has 0 bridgehead atoms. The number of carbonyl (C=O) groups is 1. The SMILES string of the molecule is CN1CC=C2C(C#N)=C(NC(=S)NC(=O)Cc3ccccc3)C(C#N)(C#N)[C@H](c3ccc(O)c(O)c3)[C@H]2C1. The zero-order chi connectivity index (χ0) is 27.4. The normalized spacial score (nSPS) is 20.1. The number of nitrogens with one attached hydrogen (secondary N) is 2. The minimum absolute atomic E-state index is 0.0281. The van der Waals surface area contributed by atoms with Crippen molar-refractivity contribution in [2.24, 2.45) is 11.3 Å². The molecule has 38 heavy (non-hydrogen) atoms. The van der Waals surface area contributed by atoms with Gasteiger partial charge in [0.2, 0.25) is 5.91 Å². The molecule has 0 unspecified atom stereocenters. The van der Waals surface area contributed by atoms with Crippen molar-refractivity contribution in [2.75, 3.05) is 20.1 Å². The number of benzene rings is 2. The van der Waals surface area contributed by atoms with Gasteiger partial charge in [-0.2, -0.15) is 15.8 Å². The van der Waals surface area contributed by atoms with Crippen LogP contribution in [0.2, 0.25) is 0 Å². The molecule has 2 aromatic carbocycles. The van der Waals surface area contributed by atoms with Crippen LogP contribution in [0.3, 0.4) is 0 Å². The molecule has 10 heteroatoms. The number of nitriles is 3. The number of rotatable bonds is 4. The first kappa shape index (κ1) is 26.4. The number of phenolic OH excluding ortho intramolecular Hbond substituents is 2. The molecule has 1 amide bonds. The Hall–Kier alpha value is -4.69. The number of likely N-dealkylation sites (N-methyl/N-ethyl adjacent to an activating group) is 1. The number of carbonyl (C=O) groups excluding carboxylic acids is 1. The van der Waals surface area contributed by atoms with Gasteiger partial charge in [0.15, 0.2) is 22.0 Å².